The van der Waals surface area contributed by atoms with Gasteiger partial charge in [-0.1, -0.05) is 114 Å². The molecule has 9 heteroatoms. The summed E-state index contributed by atoms with van der Waals surface area (Å²) in [5.41, 5.74) is 1.88. The minimum atomic E-state index is -4.65. The summed E-state index contributed by atoms with van der Waals surface area (Å²) in [5.74, 6) is 0.240. The third-order valence-electron chi connectivity index (χ3n) is 5.87. The van der Waals surface area contributed by atoms with Crippen molar-refractivity contribution in [3.8, 4) is 17.0 Å². The molecule has 0 fully saturated rings. The van der Waals surface area contributed by atoms with Crippen LogP contribution in [0.1, 0.15) is 11.1 Å². The summed E-state index contributed by atoms with van der Waals surface area (Å²) in [6, 6.07) is 31.3. The van der Waals surface area contributed by atoms with Crippen LogP contribution in [-0.2, 0) is 9.85 Å². The number of rotatable bonds is 7. The van der Waals surface area contributed by atoms with Gasteiger partial charge in [-0.2, -0.15) is 5.10 Å². The van der Waals surface area contributed by atoms with E-state index in [0.717, 1.165) is 0 Å². The first-order valence-corrected chi connectivity index (χ1v) is 13.9. The fourth-order valence-electron chi connectivity index (χ4n) is 4.32. The number of hydrogen-bond donors (Lipinski definition) is 1. The number of benzene rings is 4. The van der Waals surface area contributed by atoms with Gasteiger partial charge in [0.25, 0.3) is 0 Å². The van der Waals surface area contributed by atoms with Crippen molar-refractivity contribution in [3.05, 3.63) is 142 Å². The molecule has 186 valence electrons. The molecule has 0 saturated carbocycles. The van der Waals surface area contributed by atoms with Crippen molar-refractivity contribution in [1.82, 2.24) is 9.78 Å². The summed E-state index contributed by atoms with van der Waals surface area (Å²) in [7, 11) is -4.65. The fraction of sp³-hybridized carbons (Fsp3) is 0.0357. The highest BCUT2D eigenvalue weighted by Gasteiger charge is 2.56. The number of aromatic nitrogens is 2. The van der Waals surface area contributed by atoms with Crippen LogP contribution >= 0.6 is 42.4 Å². The molecule has 0 saturated heterocycles. The molecule has 1 N–H and O–H groups in total. The molecule has 1 aromatic heterocycles. The van der Waals surface area contributed by atoms with Crippen LogP contribution in [-0.4, -0.2) is 14.7 Å². The van der Waals surface area contributed by atoms with E-state index in [1.165, 1.54) is 10.9 Å². The highest BCUT2D eigenvalue weighted by atomic mass is 35.5. The van der Waals surface area contributed by atoms with Gasteiger partial charge >= 0.3 is 7.60 Å². The van der Waals surface area contributed by atoms with Gasteiger partial charge < -0.3 is 9.42 Å². The second kappa shape index (κ2) is 10.4. The van der Waals surface area contributed by atoms with Crippen molar-refractivity contribution in [2.75, 3.05) is 0 Å². The number of para-hydroxylation sites is 1. The molecule has 0 bridgehead atoms. The Bertz CT molecular complexity index is 1520. The number of hydrogen-bond acceptors (Lipinski definition) is 3. The van der Waals surface area contributed by atoms with Crippen LogP contribution in [0.3, 0.4) is 0 Å². The van der Waals surface area contributed by atoms with Crippen molar-refractivity contribution < 1.29 is 14.0 Å². The van der Waals surface area contributed by atoms with Crippen LogP contribution in [0.15, 0.2) is 115 Å². The van der Waals surface area contributed by atoms with Crippen LogP contribution < -0.4 is 4.52 Å². The Kier molecular flexibility index (Phi) is 7.17. The second-order valence-electron chi connectivity index (χ2n) is 8.26. The topological polar surface area (TPSA) is 64.3 Å². The minimum Gasteiger partial charge on any atom is -0.422 e. The standard InChI is InChI=1S/C28H20Cl3N2O3P/c29-23-16-20(17-24(30)18-23)27-26(31)19-33(32-27)28(21-10-4-1-5-11-21,22-12-6-2-7-13-22)37(34,35)36-25-14-8-3-9-15-25/h1-19H,(H,34,35). The van der Waals surface area contributed by atoms with Crippen molar-refractivity contribution in [2.24, 2.45) is 0 Å². The summed E-state index contributed by atoms with van der Waals surface area (Å²) in [5, 5.41) is 4.02. The Morgan fingerprint density at radius 2 is 1.24 bits per heavy atom. The Labute approximate surface area is 229 Å². The molecule has 0 aliphatic carbocycles. The maximum absolute atomic E-state index is 14.6. The van der Waals surface area contributed by atoms with E-state index in [-0.39, 0.29) is 10.8 Å². The first kappa shape index (κ1) is 25.6. The largest absolute Gasteiger partial charge is 0.422 e. The molecule has 1 atom stereocenters. The first-order chi connectivity index (χ1) is 17.8. The smallest absolute Gasteiger partial charge is 0.413 e. The van der Waals surface area contributed by atoms with Crippen LogP contribution in [0.4, 0.5) is 0 Å². The molecule has 37 heavy (non-hydrogen) atoms. The molecule has 5 aromatic rings. The van der Waals surface area contributed by atoms with E-state index in [9.17, 15) is 9.46 Å². The summed E-state index contributed by atoms with van der Waals surface area (Å²) < 4.78 is 21.8. The van der Waals surface area contributed by atoms with E-state index in [4.69, 9.17) is 44.4 Å². The normalized spacial score (nSPS) is 13.2. The predicted molar refractivity (Wildman–Crippen MR) is 149 cm³/mol. The SMILES string of the molecule is O=P(O)(Oc1ccccc1)C(c1ccccc1)(c1ccccc1)n1cc(Cl)c(-c2cc(Cl)cc(Cl)c2)n1. The summed E-state index contributed by atoms with van der Waals surface area (Å²) in [4.78, 5) is 11.9. The molecule has 0 amide bonds. The lowest BCUT2D eigenvalue weighted by molar-refractivity contribution is 0.322. The Balaban J connectivity index is 1.82. The molecule has 0 aliphatic heterocycles. The van der Waals surface area contributed by atoms with E-state index in [1.54, 1.807) is 97.1 Å². The number of nitrogens with zero attached hydrogens (tertiary/aromatic N) is 2. The van der Waals surface area contributed by atoms with Crippen LogP contribution in [0.5, 0.6) is 5.75 Å². The van der Waals surface area contributed by atoms with Gasteiger partial charge in [-0.25, -0.2) is 9.25 Å². The fourth-order valence-corrected chi connectivity index (χ4v) is 6.94. The van der Waals surface area contributed by atoms with E-state index in [2.05, 4.69) is 0 Å². The van der Waals surface area contributed by atoms with Gasteiger partial charge in [0.1, 0.15) is 11.4 Å². The zero-order chi connectivity index (χ0) is 26.0. The van der Waals surface area contributed by atoms with Gasteiger partial charge in [0.2, 0.25) is 5.28 Å². The molecule has 0 radical (unpaired) electrons. The molecule has 5 nitrogen and oxygen atoms in total. The monoisotopic (exact) mass is 568 g/mol. The Morgan fingerprint density at radius 1 is 0.757 bits per heavy atom. The second-order valence-corrected chi connectivity index (χ2v) is 11.4. The van der Waals surface area contributed by atoms with E-state index in [0.29, 0.717) is 32.4 Å². The average Bonchev–Trinajstić information content (AvgIpc) is 3.27. The van der Waals surface area contributed by atoms with Crippen molar-refractivity contribution in [1.29, 1.82) is 0 Å². The minimum absolute atomic E-state index is 0.240. The quantitative estimate of drug-likeness (QED) is 0.200. The Hall–Kier alpha value is -3.05. The zero-order valence-corrected chi connectivity index (χ0v) is 22.4. The zero-order valence-electron chi connectivity index (χ0n) is 19.2. The summed E-state index contributed by atoms with van der Waals surface area (Å²) in [6.07, 6.45) is 1.52. The highest BCUT2D eigenvalue weighted by Crippen LogP contribution is 2.64. The molecular formula is C28H20Cl3N2O3P. The lowest BCUT2D eigenvalue weighted by atomic mass is 9.98. The lowest BCUT2D eigenvalue weighted by Crippen LogP contribution is -2.38. The summed E-state index contributed by atoms with van der Waals surface area (Å²) >= 11 is 19.2. The van der Waals surface area contributed by atoms with Gasteiger partial charge in [-0.3, -0.25) is 0 Å². The van der Waals surface area contributed by atoms with E-state index >= 15 is 0 Å². The van der Waals surface area contributed by atoms with Gasteiger partial charge in [0.05, 0.1) is 5.02 Å². The average molecular weight is 570 g/mol. The van der Waals surface area contributed by atoms with Gasteiger partial charge in [0, 0.05) is 21.8 Å². The molecule has 0 spiro atoms. The maximum Gasteiger partial charge on any atom is 0.413 e. The van der Waals surface area contributed by atoms with Crippen LogP contribution in [0, 0.1) is 0 Å². The third kappa shape index (κ3) is 4.82. The van der Waals surface area contributed by atoms with Gasteiger partial charge in [0.15, 0.2) is 0 Å². The van der Waals surface area contributed by atoms with Crippen molar-refractivity contribution >= 4 is 42.4 Å². The molecular weight excluding hydrogens is 550 g/mol. The van der Waals surface area contributed by atoms with Crippen LogP contribution in [0.2, 0.25) is 15.1 Å². The van der Waals surface area contributed by atoms with Gasteiger partial charge in [-0.15, -0.1) is 0 Å². The third-order valence-corrected chi connectivity index (χ3v) is 8.58. The van der Waals surface area contributed by atoms with E-state index < -0.39 is 12.9 Å². The van der Waals surface area contributed by atoms with Gasteiger partial charge in [-0.05, 0) is 41.5 Å². The predicted octanol–water partition coefficient (Wildman–Crippen LogP) is 8.52. The highest BCUT2D eigenvalue weighted by molar-refractivity contribution is 7.54. The first-order valence-electron chi connectivity index (χ1n) is 11.2. The van der Waals surface area contributed by atoms with Crippen LogP contribution in [0.25, 0.3) is 11.3 Å². The maximum atomic E-state index is 14.6. The molecule has 4 aromatic carbocycles. The molecule has 1 unspecified atom stereocenters. The Morgan fingerprint density at radius 3 is 1.76 bits per heavy atom. The number of halogens is 3. The van der Waals surface area contributed by atoms with E-state index in [1.807, 2.05) is 12.1 Å². The molecule has 1 heterocycles. The summed E-state index contributed by atoms with van der Waals surface area (Å²) in [6.45, 7) is 0. The molecule has 5 rings (SSSR count). The van der Waals surface area contributed by atoms with Crippen molar-refractivity contribution in [2.45, 2.75) is 5.28 Å². The lowest BCUT2D eigenvalue weighted by Gasteiger charge is -2.37. The molecule has 0 aliphatic rings. The van der Waals surface area contributed by atoms with Crippen molar-refractivity contribution in [3.63, 3.8) is 0 Å².